The van der Waals surface area contributed by atoms with Crippen molar-refractivity contribution in [3.63, 3.8) is 0 Å². The second-order valence-electron chi connectivity index (χ2n) is 3.38. The maximum atomic E-state index is 12.6. The summed E-state index contributed by atoms with van der Waals surface area (Å²) in [6.07, 6.45) is -5.00. The fourth-order valence-electron chi connectivity index (χ4n) is 1.38. The zero-order valence-electron chi connectivity index (χ0n) is 8.53. The van der Waals surface area contributed by atoms with Crippen LogP contribution in [-0.2, 0) is 17.4 Å². The van der Waals surface area contributed by atoms with Crippen LogP contribution in [0.3, 0.4) is 0 Å². The third kappa shape index (κ3) is 3.21. The van der Waals surface area contributed by atoms with E-state index in [0.29, 0.717) is 0 Å². The van der Waals surface area contributed by atoms with Crippen LogP contribution in [0.1, 0.15) is 11.1 Å². The number of nitriles is 1. The van der Waals surface area contributed by atoms with Crippen LogP contribution < -0.4 is 0 Å². The third-order valence-electron chi connectivity index (χ3n) is 2.20. The predicted molar refractivity (Wildman–Crippen MR) is 51.9 cm³/mol. The minimum absolute atomic E-state index is 0.186. The SMILES string of the molecule is N#C[C@@H](Cc1ccccc1C(F)(F)F)C(=O)O. The van der Waals surface area contributed by atoms with Crippen molar-refractivity contribution in [3.8, 4) is 6.07 Å². The molecule has 90 valence electrons. The molecule has 0 unspecified atom stereocenters. The minimum atomic E-state index is -4.55. The van der Waals surface area contributed by atoms with Gasteiger partial charge in [0.1, 0.15) is 5.92 Å². The number of carboxylic acids is 1. The van der Waals surface area contributed by atoms with E-state index in [2.05, 4.69) is 0 Å². The lowest BCUT2D eigenvalue weighted by molar-refractivity contribution is -0.141. The summed E-state index contributed by atoms with van der Waals surface area (Å²) in [5.74, 6) is -2.90. The highest BCUT2D eigenvalue weighted by atomic mass is 19.4. The Kier molecular flexibility index (Phi) is 3.73. The van der Waals surface area contributed by atoms with E-state index in [1.54, 1.807) is 0 Å². The fourth-order valence-corrected chi connectivity index (χ4v) is 1.38. The fraction of sp³-hybridized carbons (Fsp3) is 0.273. The molecule has 1 rings (SSSR count). The molecule has 0 saturated carbocycles. The van der Waals surface area contributed by atoms with E-state index in [1.807, 2.05) is 0 Å². The van der Waals surface area contributed by atoms with Crippen molar-refractivity contribution >= 4 is 5.97 Å². The average molecular weight is 243 g/mol. The number of alkyl halides is 3. The molecular formula is C11H8F3NO2. The number of hydrogen-bond donors (Lipinski definition) is 1. The van der Waals surface area contributed by atoms with Crippen LogP contribution in [0.25, 0.3) is 0 Å². The third-order valence-corrected chi connectivity index (χ3v) is 2.20. The lowest BCUT2D eigenvalue weighted by Gasteiger charge is -2.13. The zero-order chi connectivity index (χ0) is 13.1. The topological polar surface area (TPSA) is 61.1 Å². The molecule has 0 radical (unpaired) electrons. The average Bonchev–Trinajstić information content (AvgIpc) is 2.24. The van der Waals surface area contributed by atoms with Gasteiger partial charge in [0.2, 0.25) is 0 Å². The molecule has 0 heterocycles. The van der Waals surface area contributed by atoms with Gasteiger partial charge in [0.15, 0.2) is 0 Å². The first-order valence-corrected chi connectivity index (χ1v) is 4.63. The molecule has 0 bridgehead atoms. The summed E-state index contributed by atoms with van der Waals surface area (Å²) >= 11 is 0. The Bertz CT molecular complexity index is 463. The Morgan fingerprint density at radius 1 is 1.41 bits per heavy atom. The highest BCUT2D eigenvalue weighted by molar-refractivity contribution is 5.73. The molecular weight excluding hydrogens is 235 g/mol. The number of carboxylic acid groups (broad SMARTS) is 1. The van der Waals surface area contributed by atoms with Crippen LogP contribution >= 0.6 is 0 Å². The zero-order valence-corrected chi connectivity index (χ0v) is 8.53. The smallest absolute Gasteiger partial charge is 0.416 e. The maximum Gasteiger partial charge on any atom is 0.416 e. The summed E-state index contributed by atoms with van der Waals surface area (Å²) in [6.45, 7) is 0. The molecule has 17 heavy (non-hydrogen) atoms. The Labute approximate surface area is 95.1 Å². The summed E-state index contributed by atoms with van der Waals surface area (Å²) in [7, 11) is 0. The van der Waals surface area contributed by atoms with Crippen LogP contribution in [0, 0.1) is 17.2 Å². The van der Waals surface area contributed by atoms with E-state index in [4.69, 9.17) is 10.4 Å². The monoisotopic (exact) mass is 243 g/mol. The van der Waals surface area contributed by atoms with Crippen LogP contribution in [-0.4, -0.2) is 11.1 Å². The molecule has 0 aliphatic carbocycles. The van der Waals surface area contributed by atoms with Gasteiger partial charge in [-0.1, -0.05) is 18.2 Å². The van der Waals surface area contributed by atoms with Crippen molar-refractivity contribution in [2.45, 2.75) is 12.6 Å². The summed E-state index contributed by atoms with van der Waals surface area (Å²) in [6, 6.07) is 6.10. The molecule has 3 nitrogen and oxygen atoms in total. The van der Waals surface area contributed by atoms with Gasteiger partial charge < -0.3 is 5.11 Å². The van der Waals surface area contributed by atoms with Crippen molar-refractivity contribution in [1.82, 2.24) is 0 Å². The van der Waals surface area contributed by atoms with Gasteiger partial charge in [-0.2, -0.15) is 18.4 Å². The number of hydrogen-bond acceptors (Lipinski definition) is 2. The standard InChI is InChI=1S/C11H8F3NO2/c12-11(13,14)9-4-2-1-3-7(9)5-8(6-15)10(16)17/h1-4,8H,5H2,(H,16,17)/t8-/m1/s1. The van der Waals surface area contributed by atoms with E-state index >= 15 is 0 Å². The van der Waals surface area contributed by atoms with Gasteiger partial charge in [0, 0.05) is 0 Å². The highest BCUT2D eigenvalue weighted by Gasteiger charge is 2.34. The number of benzene rings is 1. The van der Waals surface area contributed by atoms with E-state index in [0.717, 1.165) is 6.07 Å². The summed E-state index contributed by atoms with van der Waals surface area (Å²) in [4.78, 5) is 10.6. The lowest BCUT2D eigenvalue weighted by Crippen LogP contribution is -2.17. The molecule has 0 amide bonds. The van der Waals surface area contributed by atoms with Gasteiger partial charge in [-0.25, -0.2) is 0 Å². The summed E-state index contributed by atoms with van der Waals surface area (Å²) in [5, 5.41) is 17.2. The normalized spacial score (nSPS) is 12.8. The Balaban J connectivity index is 3.08. The quantitative estimate of drug-likeness (QED) is 0.887. The molecule has 1 N–H and O–H groups in total. The van der Waals surface area contributed by atoms with Crippen LogP contribution in [0.4, 0.5) is 13.2 Å². The molecule has 0 fully saturated rings. The largest absolute Gasteiger partial charge is 0.480 e. The molecule has 0 aliphatic rings. The number of rotatable bonds is 3. The predicted octanol–water partition coefficient (Wildman–Crippen LogP) is 2.47. The first kappa shape index (κ1) is 13.0. The summed E-state index contributed by atoms with van der Waals surface area (Å²) in [5.41, 5.74) is -1.09. The molecule has 0 aliphatic heterocycles. The molecule has 1 atom stereocenters. The number of carbonyl (C=O) groups is 1. The maximum absolute atomic E-state index is 12.6. The number of aliphatic carboxylic acids is 1. The van der Waals surface area contributed by atoms with E-state index in [9.17, 15) is 18.0 Å². The lowest BCUT2D eigenvalue weighted by atomic mass is 9.96. The first-order valence-electron chi connectivity index (χ1n) is 4.63. The molecule has 6 heteroatoms. The summed E-state index contributed by atoms with van der Waals surface area (Å²) < 4.78 is 37.7. The number of nitrogens with zero attached hydrogens (tertiary/aromatic N) is 1. The Morgan fingerprint density at radius 3 is 2.47 bits per heavy atom. The van der Waals surface area contributed by atoms with Crippen LogP contribution in [0.15, 0.2) is 24.3 Å². The van der Waals surface area contributed by atoms with Gasteiger partial charge in [-0.3, -0.25) is 4.79 Å². The van der Waals surface area contributed by atoms with E-state index in [1.165, 1.54) is 24.3 Å². The van der Waals surface area contributed by atoms with E-state index in [-0.39, 0.29) is 5.56 Å². The second kappa shape index (κ2) is 4.87. The second-order valence-corrected chi connectivity index (χ2v) is 3.38. The van der Waals surface area contributed by atoms with Gasteiger partial charge in [0.25, 0.3) is 0 Å². The van der Waals surface area contributed by atoms with E-state index < -0.39 is 30.0 Å². The molecule has 0 spiro atoms. The molecule has 1 aromatic carbocycles. The van der Waals surface area contributed by atoms with Crippen molar-refractivity contribution in [1.29, 1.82) is 5.26 Å². The van der Waals surface area contributed by atoms with Crippen molar-refractivity contribution in [2.24, 2.45) is 5.92 Å². The molecule has 1 aromatic rings. The molecule has 0 saturated heterocycles. The van der Waals surface area contributed by atoms with Gasteiger partial charge in [-0.15, -0.1) is 0 Å². The van der Waals surface area contributed by atoms with Crippen LogP contribution in [0.2, 0.25) is 0 Å². The van der Waals surface area contributed by atoms with Gasteiger partial charge in [0.05, 0.1) is 11.6 Å². The van der Waals surface area contributed by atoms with Gasteiger partial charge in [-0.05, 0) is 18.1 Å². The minimum Gasteiger partial charge on any atom is -0.480 e. The van der Waals surface area contributed by atoms with Crippen molar-refractivity contribution in [3.05, 3.63) is 35.4 Å². The first-order chi connectivity index (χ1) is 7.86. The van der Waals surface area contributed by atoms with Gasteiger partial charge >= 0.3 is 12.1 Å². The van der Waals surface area contributed by atoms with Crippen molar-refractivity contribution < 1.29 is 23.1 Å². The Hall–Kier alpha value is -2.03. The van der Waals surface area contributed by atoms with Crippen molar-refractivity contribution in [2.75, 3.05) is 0 Å². The molecule has 0 aromatic heterocycles. The van der Waals surface area contributed by atoms with Crippen LogP contribution in [0.5, 0.6) is 0 Å². The Morgan fingerprint density at radius 2 is 2.00 bits per heavy atom. The highest BCUT2D eigenvalue weighted by Crippen LogP contribution is 2.32. The number of halogens is 3.